The maximum absolute atomic E-state index is 13.6. The van der Waals surface area contributed by atoms with Crippen molar-refractivity contribution in [1.82, 2.24) is 0 Å². The molecule has 0 heterocycles. The molecule has 2 aliphatic carbocycles. The van der Waals surface area contributed by atoms with Gasteiger partial charge in [0.1, 0.15) is 11.9 Å². The van der Waals surface area contributed by atoms with Crippen LogP contribution in [0.2, 0.25) is 0 Å². The Balaban J connectivity index is 1.40. The van der Waals surface area contributed by atoms with Gasteiger partial charge in [-0.2, -0.15) is 0 Å². The second-order valence-corrected chi connectivity index (χ2v) is 12.0. The number of carbonyl (C=O) groups excluding carboxylic acids is 1. The van der Waals surface area contributed by atoms with Crippen molar-refractivity contribution in [1.29, 1.82) is 0 Å². The molecule has 0 aromatic heterocycles. The Kier molecular flexibility index (Phi) is 7.31. The van der Waals surface area contributed by atoms with Gasteiger partial charge in [0.15, 0.2) is 5.60 Å². The number of fused-ring (bicyclic) bond motifs is 2. The van der Waals surface area contributed by atoms with Crippen molar-refractivity contribution in [2.24, 2.45) is 17.3 Å². The Morgan fingerprint density at radius 2 is 1.63 bits per heavy atom. The average molecular weight is 481 g/mol. The normalized spacial score (nSPS) is 25.8. The van der Waals surface area contributed by atoms with E-state index in [0.29, 0.717) is 30.0 Å². The Bertz CT molecular complexity index is 984. The molecule has 0 amide bonds. The van der Waals surface area contributed by atoms with Crippen LogP contribution in [0.1, 0.15) is 52.0 Å². The van der Waals surface area contributed by atoms with E-state index < -0.39 is 17.0 Å². The van der Waals surface area contributed by atoms with Crippen molar-refractivity contribution >= 4 is 5.97 Å². The summed E-state index contributed by atoms with van der Waals surface area (Å²) < 4.78 is 13.0. The number of ether oxygens (including phenoxy) is 2. The maximum Gasteiger partial charge on any atom is 0.343 e. The van der Waals surface area contributed by atoms with Crippen LogP contribution in [0.15, 0.2) is 60.7 Å². The average Bonchev–Trinajstić information content (AvgIpc) is 3.41. The molecular formula is C30H42NO4+. The monoisotopic (exact) mass is 480 g/mol. The summed E-state index contributed by atoms with van der Waals surface area (Å²) in [5.41, 5.74) is -1.80. The highest BCUT2D eigenvalue weighted by molar-refractivity contribution is 5.82. The number of benzene rings is 2. The predicted molar refractivity (Wildman–Crippen MR) is 138 cm³/mol. The Hall–Kier alpha value is -2.37. The number of aliphatic hydroxyl groups is 1. The molecule has 0 radical (unpaired) electrons. The topological polar surface area (TPSA) is 55.8 Å². The highest BCUT2D eigenvalue weighted by atomic mass is 16.6. The maximum atomic E-state index is 13.6. The van der Waals surface area contributed by atoms with E-state index in [1.54, 1.807) is 0 Å². The SMILES string of the molecule is CC(C)(C)C(O)(C(=O)OC1CC2CCC1C2[N+](C)(C)CCCOc1ccccc1)c1ccccc1. The summed E-state index contributed by atoms with van der Waals surface area (Å²) in [4.78, 5) is 13.6. The van der Waals surface area contributed by atoms with Crippen molar-refractivity contribution in [2.75, 3.05) is 27.2 Å². The zero-order valence-corrected chi connectivity index (χ0v) is 21.9. The van der Waals surface area contributed by atoms with Crippen molar-refractivity contribution in [3.05, 3.63) is 66.2 Å². The largest absolute Gasteiger partial charge is 0.493 e. The lowest BCUT2D eigenvalue weighted by Gasteiger charge is -2.40. The molecule has 5 atom stereocenters. The molecule has 5 heteroatoms. The summed E-state index contributed by atoms with van der Waals surface area (Å²) in [6, 6.07) is 19.6. The molecule has 2 aliphatic rings. The minimum absolute atomic E-state index is 0.137. The van der Waals surface area contributed by atoms with E-state index in [-0.39, 0.29) is 6.10 Å². The molecule has 0 saturated heterocycles. The van der Waals surface area contributed by atoms with Crippen molar-refractivity contribution in [3.63, 3.8) is 0 Å². The molecular weight excluding hydrogens is 438 g/mol. The molecule has 2 bridgehead atoms. The van der Waals surface area contributed by atoms with Gasteiger partial charge in [-0.15, -0.1) is 0 Å². The fourth-order valence-electron chi connectivity index (χ4n) is 6.55. The van der Waals surface area contributed by atoms with E-state index >= 15 is 0 Å². The summed E-state index contributed by atoms with van der Waals surface area (Å²) in [6.07, 6.45) is 3.99. The number of hydrogen-bond acceptors (Lipinski definition) is 4. The number of nitrogens with zero attached hydrogens (tertiary/aromatic N) is 1. The van der Waals surface area contributed by atoms with Crippen LogP contribution in [0.25, 0.3) is 0 Å². The fourth-order valence-corrected chi connectivity index (χ4v) is 6.55. The second kappa shape index (κ2) is 9.94. The Labute approximate surface area is 210 Å². The minimum atomic E-state index is -1.69. The standard InChI is InChI=1S/C30H42NO4/c1-29(2,3)30(33,23-13-8-6-9-14-23)28(32)35-26-21-22-17-18-25(26)27(22)31(4,5)19-12-20-34-24-15-10-7-11-16-24/h6-11,13-16,22,25-27,33H,12,17-21H2,1-5H3/q+1. The van der Waals surface area contributed by atoms with Crippen LogP contribution in [0.4, 0.5) is 0 Å². The van der Waals surface area contributed by atoms with Gasteiger partial charge in [0.2, 0.25) is 0 Å². The molecule has 5 nitrogen and oxygen atoms in total. The van der Waals surface area contributed by atoms with E-state index in [4.69, 9.17) is 9.47 Å². The van der Waals surface area contributed by atoms with Gasteiger partial charge in [0.25, 0.3) is 0 Å². The third-order valence-corrected chi connectivity index (χ3v) is 8.33. The van der Waals surface area contributed by atoms with Gasteiger partial charge in [-0.25, -0.2) is 4.79 Å². The molecule has 2 aromatic carbocycles. The number of rotatable bonds is 9. The van der Waals surface area contributed by atoms with E-state index in [2.05, 4.69) is 14.1 Å². The number of hydrogen-bond donors (Lipinski definition) is 1. The first kappa shape index (κ1) is 25.7. The van der Waals surface area contributed by atoms with Crippen molar-refractivity contribution in [2.45, 2.75) is 64.2 Å². The van der Waals surface area contributed by atoms with Crippen molar-refractivity contribution < 1.29 is 23.9 Å². The molecule has 0 aliphatic heterocycles. The van der Waals surface area contributed by atoms with E-state index in [9.17, 15) is 9.90 Å². The van der Waals surface area contributed by atoms with Gasteiger partial charge in [-0.1, -0.05) is 69.3 Å². The van der Waals surface area contributed by atoms with Gasteiger partial charge in [-0.05, 0) is 37.0 Å². The summed E-state index contributed by atoms with van der Waals surface area (Å²) in [6.45, 7) is 7.39. The second-order valence-electron chi connectivity index (χ2n) is 12.0. The number of carbonyl (C=O) groups is 1. The molecule has 2 saturated carbocycles. The molecule has 0 spiro atoms. The van der Waals surface area contributed by atoms with Gasteiger partial charge in [0.05, 0.1) is 33.3 Å². The zero-order valence-electron chi connectivity index (χ0n) is 21.9. The summed E-state index contributed by atoms with van der Waals surface area (Å²) >= 11 is 0. The molecule has 35 heavy (non-hydrogen) atoms. The number of quaternary nitrogens is 1. The van der Waals surface area contributed by atoms with Crippen LogP contribution in [0.5, 0.6) is 5.75 Å². The molecule has 4 rings (SSSR count). The van der Waals surface area contributed by atoms with Crippen LogP contribution in [-0.4, -0.2) is 55.0 Å². The summed E-state index contributed by atoms with van der Waals surface area (Å²) in [5, 5.41) is 11.7. The van der Waals surface area contributed by atoms with Crippen LogP contribution in [-0.2, 0) is 15.1 Å². The van der Waals surface area contributed by atoms with Gasteiger partial charge in [-0.3, -0.25) is 0 Å². The van der Waals surface area contributed by atoms with Crippen molar-refractivity contribution in [3.8, 4) is 5.75 Å². The zero-order chi connectivity index (χ0) is 25.3. The first-order valence-electron chi connectivity index (χ1n) is 13.0. The van der Waals surface area contributed by atoms with E-state index in [1.165, 1.54) is 6.42 Å². The minimum Gasteiger partial charge on any atom is -0.493 e. The Morgan fingerprint density at radius 3 is 2.26 bits per heavy atom. The molecule has 2 fully saturated rings. The van der Waals surface area contributed by atoms with Gasteiger partial charge >= 0.3 is 5.97 Å². The molecule has 2 aromatic rings. The third kappa shape index (κ3) is 5.12. The van der Waals surface area contributed by atoms with Crippen LogP contribution in [0.3, 0.4) is 0 Å². The number of esters is 1. The highest BCUT2D eigenvalue weighted by Gasteiger charge is 2.58. The lowest BCUT2D eigenvalue weighted by molar-refractivity contribution is -0.919. The molecule has 5 unspecified atom stereocenters. The quantitative estimate of drug-likeness (QED) is 0.305. The molecule has 1 N–H and O–H groups in total. The van der Waals surface area contributed by atoms with Crippen LogP contribution in [0, 0.1) is 17.3 Å². The lowest BCUT2D eigenvalue weighted by Crippen LogP contribution is -2.53. The van der Waals surface area contributed by atoms with Crippen LogP contribution < -0.4 is 4.74 Å². The lowest BCUT2D eigenvalue weighted by atomic mass is 9.72. The molecule has 190 valence electrons. The first-order chi connectivity index (χ1) is 16.5. The van der Waals surface area contributed by atoms with Gasteiger partial charge < -0.3 is 19.1 Å². The van der Waals surface area contributed by atoms with Gasteiger partial charge in [0, 0.05) is 23.7 Å². The van der Waals surface area contributed by atoms with E-state index in [0.717, 1.165) is 36.0 Å². The Morgan fingerprint density at radius 1 is 1.00 bits per heavy atom. The summed E-state index contributed by atoms with van der Waals surface area (Å²) in [5.74, 6) is 1.26. The third-order valence-electron chi connectivity index (χ3n) is 8.33. The predicted octanol–water partition coefficient (Wildman–Crippen LogP) is 5.18. The van der Waals surface area contributed by atoms with E-state index in [1.807, 2.05) is 81.4 Å². The smallest absolute Gasteiger partial charge is 0.343 e. The van der Waals surface area contributed by atoms with Crippen LogP contribution >= 0.6 is 0 Å². The summed E-state index contributed by atoms with van der Waals surface area (Å²) in [7, 11) is 4.61. The first-order valence-corrected chi connectivity index (χ1v) is 13.0. The fraction of sp³-hybridized carbons (Fsp3) is 0.567. The number of para-hydroxylation sites is 1. The highest BCUT2D eigenvalue weighted by Crippen LogP contribution is 2.51.